The molecule has 7 heteroatoms. The van der Waals surface area contributed by atoms with Gasteiger partial charge in [0.25, 0.3) is 11.6 Å². The molecule has 0 bridgehead atoms. The van der Waals surface area contributed by atoms with Gasteiger partial charge in [-0.25, -0.2) is 0 Å². The maximum atomic E-state index is 12.0. The molecule has 0 aliphatic rings. The minimum atomic E-state index is -0.553. The lowest BCUT2D eigenvalue weighted by atomic mass is 10.1. The first kappa shape index (κ1) is 16.9. The number of anilines is 1. The van der Waals surface area contributed by atoms with E-state index in [0.717, 1.165) is 5.56 Å². The number of amides is 1. The van der Waals surface area contributed by atoms with Gasteiger partial charge in [0.1, 0.15) is 11.7 Å². The minimum absolute atomic E-state index is 0.105. The second-order valence-electron chi connectivity index (χ2n) is 5.11. The van der Waals surface area contributed by atoms with Crippen molar-refractivity contribution in [3.8, 4) is 0 Å². The molecular formula is C16H17ClN3O3+. The number of rotatable bonds is 6. The number of nitrogens with zero attached hydrogens (tertiary/aromatic N) is 1. The Hall–Kier alpha value is -2.44. The first-order valence-corrected chi connectivity index (χ1v) is 7.47. The van der Waals surface area contributed by atoms with Crippen LogP contribution in [0.3, 0.4) is 0 Å². The number of nitro benzene ring substituents is 1. The predicted molar refractivity (Wildman–Crippen MR) is 88.4 cm³/mol. The normalized spacial score (nSPS) is 11.7. The van der Waals surface area contributed by atoms with Gasteiger partial charge in [-0.15, -0.1) is 0 Å². The van der Waals surface area contributed by atoms with Gasteiger partial charge in [0.15, 0.2) is 6.54 Å². The molecule has 2 rings (SSSR count). The Morgan fingerprint density at radius 3 is 2.65 bits per heavy atom. The zero-order valence-electron chi connectivity index (χ0n) is 12.5. The predicted octanol–water partition coefficient (Wildman–Crippen LogP) is 2.51. The molecular weight excluding hydrogens is 318 g/mol. The number of nitrogens with two attached hydrogens (primary N) is 1. The molecule has 2 aromatic carbocycles. The molecule has 0 saturated heterocycles. The number of halogens is 1. The van der Waals surface area contributed by atoms with E-state index in [1.165, 1.54) is 18.2 Å². The lowest BCUT2D eigenvalue weighted by Gasteiger charge is -2.11. The van der Waals surface area contributed by atoms with Crippen LogP contribution in [0.2, 0.25) is 5.02 Å². The Balaban J connectivity index is 1.98. The van der Waals surface area contributed by atoms with Crippen LogP contribution in [0.1, 0.15) is 18.5 Å². The van der Waals surface area contributed by atoms with Crippen molar-refractivity contribution in [3.63, 3.8) is 0 Å². The van der Waals surface area contributed by atoms with Crippen molar-refractivity contribution in [1.82, 2.24) is 0 Å². The molecule has 0 radical (unpaired) electrons. The smallest absolute Gasteiger partial charge is 0.292 e. The van der Waals surface area contributed by atoms with Crippen molar-refractivity contribution in [3.05, 3.63) is 69.2 Å². The summed E-state index contributed by atoms with van der Waals surface area (Å²) in [5.41, 5.74) is 1.03. The van der Waals surface area contributed by atoms with Crippen LogP contribution >= 0.6 is 11.6 Å². The number of carbonyl (C=O) groups excluding carboxylic acids is 1. The summed E-state index contributed by atoms with van der Waals surface area (Å²) in [7, 11) is 0. The second kappa shape index (κ2) is 7.71. The number of nitro groups is 1. The molecule has 0 fully saturated rings. The summed E-state index contributed by atoms with van der Waals surface area (Å²) in [5, 5.41) is 15.7. The lowest BCUT2D eigenvalue weighted by molar-refractivity contribution is -0.682. The molecule has 0 spiro atoms. The van der Waals surface area contributed by atoms with E-state index in [0.29, 0.717) is 5.02 Å². The van der Waals surface area contributed by atoms with E-state index in [4.69, 9.17) is 11.6 Å². The topological polar surface area (TPSA) is 88.8 Å². The minimum Gasteiger partial charge on any atom is -0.333 e. The molecule has 0 aromatic heterocycles. The molecule has 2 aromatic rings. The Labute approximate surface area is 138 Å². The van der Waals surface area contributed by atoms with Crippen molar-refractivity contribution in [2.24, 2.45) is 0 Å². The van der Waals surface area contributed by atoms with E-state index in [2.05, 4.69) is 5.32 Å². The van der Waals surface area contributed by atoms with Gasteiger partial charge in [-0.05, 0) is 19.1 Å². The molecule has 0 saturated carbocycles. The fourth-order valence-corrected chi connectivity index (χ4v) is 2.32. The first-order chi connectivity index (χ1) is 11.0. The number of benzene rings is 2. The summed E-state index contributed by atoms with van der Waals surface area (Å²) in [6.45, 7) is 2.14. The molecule has 1 atom stereocenters. The van der Waals surface area contributed by atoms with E-state index in [9.17, 15) is 14.9 Å². The van der Waals surface area contributed by atoms with Gasteiger partial charge in [-0.2, -0.15) is 0 Å². The van der Waals surface area contributed by atoms with Gasteiger partial charge in [0, 0.05) is 16.7 Å². The van der Waals surface area contributed by atoms with Crippen molar-refractivity contribution in [2.45, 2.75) is 13.0 Å². The van der Waals surface area contributed by atoms with E-state index in [-0.39, 0.29) is 29.9 Å². The van der Waals surface area contributed by atoms with Crippen LogP contribution < -0.4 is 10.6 Å². The quantitative estimate of drug-likeness (QED) is 0.628. The zero-order chi connectivity index (χ0) is 16.8. The third kappa shape index (κ3) is 4.77. The monoisotopic (exact) mass is 334 g/mol. The van der Waals surface area contributed by atoms with Crippen molar-refractivity contribution >= 4 is 28.9 Å². The zero-order valence-corrected chi connectivity index (χ0v) is 13.3. The van der Waals surface area contributed by atoms with Crippen molar-refractivity contribution in [2.75, 3.05) is 11.9 Å². The molecule has 0 heterocycles. The first-order valence-electron chi connectivity index (χ1n) is 7.09. The van der Waals surface area contributed by atoms with Crippen LogP contribution in [-0.4, -0.2) is 17.4 Å². The lowest BCUT2D eigenvalue weighted by Crippen LogP contribution is -2.86. The van der Waals surface area contributed by atoms with Crippen molar-refractivity contribution < 1.29 is 15.0 Å². The SMILES string of the molecule is C[C@@H]([NH2+]CC(=O)Nc1cc(Cl)ccc1[N+](=O)[O-])c1ccccc1. The van der Waals surface area contributed by atoms with E-state index < -0.39 is 4.92 Å². The summed E-state index contributed by atoms with van der Waals surface area (Å²) in [6, 6.07) is 14.0. The molecule has 1 amide bonds. The van der Waals surface area contributed by atoms with Gasteiger partial charge in [0.2, 0.25) is 0 Å². The second-order valence-corrected chi connectivity index (χ2v) is 5.54. The summed E-state index contributed by atoms with van der Waals surface area (Å²) >= 11 is 5.83. The summed E-state index contributed by atoms with van der Waals surface area (Å²) < 4.78 is 0. The highest BCUT2D eigenvalue weighted by Gasteiger charge is 2.18. The summed E-state index contributed by atoms with van der Waals surface area (Å²) in [5.74, 6) is -0.321. The molecule has 23 heavy (non-hydrogen) atoms. The van der Waals surface area contributed by atoms with E-state index in [1.54, 1.807) is 0 Å². The average Bonchev–Trinajstić information content (AvgIpc) is 2.53. The Bertz CT molecular complexity index is 707. The van der Waals surface area contributed by atoms with E-state index in [1.807, 2.05) is 42.6 Å². The van der Waals surface area contributed by atoms with Crippen LogP contribution in [0.4, 0.5) is 11.4 Å². The number of hydrogen-bond acceptors (Lipinski definition) is 3. The van der Waals surface area contributed by atoms with Gasteiger partial charge >= 0.3 is 0 Å². The van der Waals surface area contributed by atoms with Crippen LogP contribution in [0.5, 0.6) is 0 Å². The van der Waals surface area contributed by atoms with Gasteiger partial charge in [-0.3, -0.25) is 14.9 Å². The standard InChI is InChI=1S/C16H16ClN3O3/c1-11(12-5-3-2-4-6-12)18-10-16(21)19-14-9-13(17)7-8-15(14)20(22)23/h2-9,11,18H,10H2,1H3,(H,19,21)/p+1/t11-/m1/s1. The summed E-state index contributed by atoms with van der Waals surface area (Å²) in [4.78, 5) is 22.4. The third-order valence-corrected chi connectivity index (χ3v) is 3.65. The molecule has 6 nitrogen and oxygen atoms in total. The van der Waals surface area contributed by atoms with Gasteiger partial charge < -0.3 is 10.6 Å². The third-order valence-electron chi connectivity index (χ3n) is 3.41. The molecule has 0 aliphatic heterocycles. The molecule has 0 aliphatic carbocycles. The van der Waals surface area contributed by atoms with Crippen LogP contribution in [0, 0.1) is 10.1 Å². The number of nitrogens with one attached hydrogen (secondary N) is 1. The number of quaternary nitrogens is 1. The van der Waals surface area contributed by atoms with Crippen molar-refractivity contribution in [1.29, 1.82) is 0 Å². The number of hydrogen-bond donors (Lipinski definition) is 2. The molecule has 0 unspecified atom stereocenters. The van der Waals surface area contributed by atoms with E-state index >= 15 is 0 Å². The van der Waals surface area contributed by atoms with Crippen LogP contribution in [-0.2, 0) is 4.79 Å². The maximum Gasteiger partial charge on any atom is 0.292 e. The highest BCUT2D eigenvalue weighted by molar-refractivity contribution is 6.31. The Morgan fingerprint density at radius 1 is 1.30 bits per heavy atom. The maximum absolute atomic E-state index is 12.0. The largest absolute Gasteiger partial charge is 0.333 e. The average molecular weight is 335 g/mol. The summed E-state index contributed by atoms with van der Waals surface area (Å²) in [6.07, 6.45) is 0. The highest BCUT2D eigenvalue weighted by Crippen LogP contribution is 2.27. The van der Waals surface area contributed by atoms with Crippen LogP contribution in [0.15, 0.2) is 48.5 Å². The Kier molecular flexibility index (Phi) is 5.67. The molecule has 120 valence electrons. The molecule has 3 N–H and O–H groups in total. The fourth-order valence-electron chi connectivity index (χ4n) is 2.15. The Morgan fingerprint density at radius 2 is 2.00 bits per heavy atom. The van der Waals surface area contributed by atoms with Gasteiger partial charge in [-0.1, -0.05) is 41.9 Å². The number of carbonyl (C=O) groups is 1. The highest BCUT2D eigenvalue weighted by atomic mass is 35.5. The van der Waals surface area contributed by atoms with Gasteiger partial charge in [0.05, 0.1) is 4.92 Å². The fraction of sp³-hybridized carbons (Fsp3) is 0.188. The van der Waals surface area contributed by atoms with Crippen LogP contribution in [0.25, 0.3) is 0 Å².